The number of nitrogens with one attached hydrogen (secondary N) is 2. The Morgan fingerprint density at radius 2 is 2.23 bits per heavy atom. The molecular formula is C9H9BrN2O. The maximum absolute atomic E-state index is 11.2. The summed E-state index contributed by atoms with van der Waals surface area (Å²) in [5.41, 5.74) is 1.81. The van der Waals surface area contributed by atoms with E-state index in [-0.39, 0.29) is 5.91 Å². The van der Waals surface area contributed by atoms with E-state index < -0.39 is 0 Å². The molecule has 1 amide bonds. The zero-order chi connectivity index (χ0) is 9.26. The standard InChI is InChI=1S/C9H9BrN2O/c10-6-2-1-3-7-9(6)12-8(13)4-5-11-7/h1-3,11H,4-5H2,(H,12,13). The Kier molecular flexibility index (Phi) is 2.22. The van der Waals surface area contributed by atoms with Crippen molar-refractivity contribution in [2.75, 3.05) is 17.2 Å². The number of halogens is 1. The molecule has 0 spiro atoms. The average molecular weight is 241 g/mol. The zero-order valence-corrected chi connectivity index (χ0v) is 8.52. The van der Waals surface area contributed by atoms with Gasteiger partial charge in [0, 0.05) is 17.4 Å². The molecule has 2 rings (SSSR count). The van der Waals surface area contributed by atoms with Crippen molar-refractivity contribution in [1.82, 2.24) is 0 Å². The van der Waals surface area contributed by atoms with Gasteiger partial charge < -0.3 is 10.6 Å². The number of rotatable bonds is 0. The SMILES string of the molecule is O=C1CCNc2cccc(Br)c2N1. The van der Waals surface area contributed by atoms with Crippen LogP contribution in [-0.4, -0.2) is 12.5 Å². The van der Waals surface area contributed by atoms with Crippen LogP contribution in [0.1, 0.15) is 6.42 Å². The first-order valence-electron chi connectivity index (χ1n) is 4.09. The fourth-order valence-electron chi connectivity index (χ4n) is 1.31. The molecule has 0 aromatic heterocycles. The first-order valence-corrected chi connectivity index (χ1v) is 4.89. The Hall–Kier alpha value is -1.03. The van der Waals surface area contributed by atoms with E-state index in [9.17, 15) is 4.79 Å². The summed E-state index contributed by atoms with van der Waals surface area (Å²) >= 11 is 3.39. The molecule has 1 aliphatic rings. The van der Waals surface area contributed by atoms with Crippen LogP contribution in [0, 0.1) is 0 Å². The van der Waals surface area contributed by atoms with Crippen molar-refractivity contribution in [3.63, 3.8) is 0 Å². The van der Waals surface area contributed by atoms with Gasteiger partial charge in [-0.1, -0.05) is 6.07 Å². The quantitative estimate of drug-likeness (QED) is 0.731. The summed E-state index contributed by atoms with van der Waals surface area (Å²) in [6, 6.07) is 5.80. The number of fused-ring (bicyclic) bond motifs is 1. The van der Waals surface area contributed by atoms with Crippen molar-refractivity contribution in [3.05, 3.63) is 22.7 Å². The van der Waals surface area contributed by atoms with Crippen LogP contribution in [0.4, 0.5) is 11.4 Å². The van der Waals surface area contributed by atoms with Crippen LogP contribution in [0.25, 0.3) is 0 Å². The second-order valence-corrected chi connectivity index (χ2v) is 3.74. The minimum absolute atomic E-state index is 0.0538. The minimum Gasteiger partial charge on any atom is -0.383 e. The summed E-state index contributed by atoms with van der Waals surface area (Å²) in [4.78, 5) is 11.2. The summed E-state index contributed by atoms with van der Waals surface area (Å²) in [7, 11) is 0. The van der Waals surface area contributed by atoms with Gasteiger partial charge in [-0.2, -0.15) is 0 Å². The molecule has 1 aromatic rings. The molecule has 1 heterocycles. The van der Waals surface area contributed by atoms with Crippen molar-refractivity contribution in [2.45, 2.75) is 6.42 Å². The molecule has 4 heteroatoms. The molecule has 0 fully saturated rings. The fourth-order valence-corrected chi connectivity index (χ4v) is 1.78. The van der Waals surface area contributed by atoms with Gasteiger partial charge >= 0.3 is 0 Å². The van der Waals surface area contributed by atoms with E-state index in [1.165, 1.54) is 0 Å². The predicted octanol–water partition coefficient (Wildman–Crippen LogP) is 2.20. The van der Waals surface area contributed by atoms with Crippen LogP contribution in [0.2, 0.25) is 0 Å². The maximum atomic E-state index is 11.2. The van der Waals surface area contributed by atoms with Gasteiger partial charge in [0.2, 0.25) is 5.91 Å². The van der Waals surface area contributed by atoms with Crippen molar-refractivity contribution in [3.8, 4) is 0 Å². The fraction of sp³-hybridized carbons (Fsp3) is 0.222. The van der Waals surface area contributed by atoms with Gasteiger partial charge in [-0.25, -0.2) is 0 Å². The summed E-state index contributed by atoms with van der Waals surface area (Å²) in [6.45, 7) is 0.690. The smallest absolute Gasteiger partial charge is 0.226 e. The molecule has 0 aliphatic carbocycles. The van der Waals surface area contributed by atoms with Crippen LogP contribution < -0.4 is 10.6 Å². The Morgan fingerprint density at radius 1 is 1.38 bits per heavy atom. The molecule has 13 heavy (non-hydrogen) atoms. The molecule has 1 aliphatic heterocycles. The molecule has 1 aromatic carbocycles. The highest BCUT2D eigenvalue weighted by Crippen LogP contribution is 2.31. The number of hydrogen-bond acceptors (Lipinski definition) is 2. The summed E-state index contributed by atoms with van der Waals surface area (Å²) in [5, 5.41) is 6.03. The molecule has 0 bridgehead atoms. The van der Waals surface area contributed by atoms with Crippen molar-refractivity contribution >= 4 is 33.2 Å². The Balaban J connectivity index is 2.46. The second kappa shape index (κ2) is 3.38. The molecule has 0 radical (unpaired) electrons. The molecule has 0 unspecified atom stereocenters. The number of anilines is 2. The van der Waals surface area contributed by atoms with E-state index in [0.717, 1.165) is 15.8 Å². The van der Waals surface area contributed by atoms with Gasteiger partial charge in [0.15, 0.2) is 0 Å². The van der Waals surface area contributed by atoms with E-state index >= 15 is 0 Å². The highest BCUT2D eigenvalue weighted by molar-refractivity contribution is 9.10. The van der Waals surface area contributed by atoms with Crippen molar-refractivity contribution in [1.29, 1.82) is 0 Å². The van der Waals surface area contributed by atoms with Gasteiger partial charge in [-0.15, -0.1) is 0 Å². The van der Waals surface area contributed by atoms with Gasteiger partial charge in [0.1, 0.15) is 0 Å². The number of carbonyl (C=O) groups excluding carboxylic acids is 1. The zero-order valence-electron chi connectivity index (χ0n) is 6.93. The molecular weight excluding hydrogens is 232 g/mol. The molecule has 0 saturated heterocycles. The number of benzene rings is 1. The molecule has 3 nitrogen and oxygen atoms in total. The van der Waals surface area contributed by atoms with E-state index in [0.29, 0.717) is 13.0 Å². The van der Waals surface area contributed by atoms with Gasteiger partial charge in [0.25, 0.3) is 0 Å². The predicted molar refractivity (Wildman–Crippen MR) is 55.9 cm³/mol. The first kappa shape index (κ1) is 8.56. The summed E-state index contributed by atoms with van der Waals surface area (Å²) in [5.74, 6) is 0.0538. The lowest BCUT2D eigenvalue weighted by atomic mass is 10.2. The molecule has 68 valence electrons. The monoisotopic (exact) mass is 240 g/mol. The van der Waals surface area contributed by atoms with E-state index in [2.05, 4.69) is 26.6 Å². The lowest BCUT2D eigenvalue weighted by Gasteiger charge is -2.08. The minimum atomic E-state index is 0.0538. The Labute approximate surface area is 84.6 Å². The highest BCUT2D eigenvalue weighted by atomic mass is 79.9. The number of hydrogen-bond donors (Lipinski definition) is 2. The van der Waals surface area contributed by atoms with E-state index in [1.807, 2.05) is 18.2 Å². The normalized spacial score (nSPS) is 15.3. The van der Waals surface area contributed by atoms with Crippen LogP contribution >= 0.6 is 15.9 Å². The summed E-state index contributed by atoms with van der Waals surface area (Å²) < 4.78 is 0.910. The third-order valence-electron chi connectivity index (χ3n) is 1.95. The number of carbonyl (C=O) groups is 1. The van der Waals surface area contributed by atoms with Crippen molar-refractivity contribution in [2.24, 2.45) is 0 Å². The summed E-state index contributed by atoms with van der Waals surface area (Å²) in [6.07, 6.45) is 0.515. The Morgan fingerprint density at radius 3 is 3.08 bits per heavy atom. The topological polar surface area (TPSA) is 41.1 Å². The second-order valence-electron chi connectivity index (χ2n) is 2.89. The molecule has 2 N–H and O–H groups in total. The van der Waals surface area contributed by atoms with Crippen LogP contribution in [0.5, 0.6) is 0 Å². The lowest BCUT2D eigenvalue weighted by molar-refractivity contribution is -0.115. The molecule has 0 atom stereocenters. The first-order chi connectivity index (χ1) is 6.27. The number of amides is 1. The van der Waals surface area contributed by atoms with Gasteiger partial charge in [-0.05, 0) is 28.1 Å². The maximum Gasteiger partial charge on any atom is 0.226 e. The van der Waals surface area contributed by atoms with Crippen LogP contribution in [0.3, 0.4) is 0 Å². The highest BCUT2D eigenvalue weighted by Gasteiger charge is 2.13. The van der Waals surface area contributed by atoms with E-state index in [4.69, 9.17) is 0 Å². The third-order valence-corrected chi connectivity index (χ3v) is 2.61. The van der Waals surface area contributed by atoms with E-state index in [1.54, 1.807) is 0 Å². The van der Waals surface area contributed by atoms with Crippen LogP contribution in [-0.2, 0) is 4.79 Å². The average Bonchev–Trinajstić information content (AvgIpc) is 2.28. The molecule has 0 saturated carbocycles. The Bertz CT molecular complexity index is 351. The largest absolute Gasteiger partial charge is 0.383 e. The van der Waals surface area contributed by atoms with Gasteiger partial charge in [0.05, 0.1) is 11.4 Å². The van der Waals surface area contributed by atoms with Gasteiger partial charge in [-0.3, -0.25) is 4.79 Å². The number of para-hydroxylation sites is 1. The van der Waals surface area contributed by atoms with Crippen LogP contribution in [0.15, 0.2) is 22.7 Å². The van der Waals surface area contributed by atoms with Crippen molar-refractivity contribution < 1.29 is 4.79 Å². The third kappa shape index (κ3) is 1.67. The lowest BCUT2D eigenvalue weighted by Crippen LogP contribution is -2.11.